The standard InChI is InChI=1S/C13H17NO3/c1-10(15)14-12(9-13(16)17)8-7-11-5-3-2-4-6-11/h2-6,12H,7-9H2,1H3,(H,14,15)(H,16,17)/t12-/m1/s1. The molecular weight excluding hydrogens is 218 g/mol. The van der Waals surface area contributed by atoms with E-state index in [1.165, 1.54) is 6.92 Å². The molecule has 0 bridgehead atoms. The highest BCUT2D eigenvalue weighted by Crippen LogP contribution is 2.07. The van der Waals surface area contributed by atoms with E-state index in [9.17, 15) is 9.59 Å². The topological polar surface area (TPSA) is 66.4 Å². The molecule has 17 heavy (non-hydrogen) atoms. The molecule has 0 aliphatic heterocycles. The second kappa shape index (κ2) is 6.68. The Kier molecular flexibility index (Phi) is 5.20. The van der Waals surface area contributed by atoms with Crippen molar-refractivity contribution in [3.63, 3.8) is 0 Å². The minimum absolute atomic E-state index is 0.0353. The predicted octanol–water partition coefficient (Wildman–Crippen LogP) is 1.60. The molecule has 0 saturated heterocycles. The van der Waals surface area contributed by atoms with Gasteiger partial charge in [-0.1, -0.05) is 30.3 Å². The summed E-state index contributed by atoms with van der Waals surface area (Å²) < 4.78 is 0. The first-order valence-corrected chi connectivity index (χ1v) is 5.60. The van der Waals surface area contributed by atoms with Crippen LogP contribution >= 0.6 is 0 Å². The fourth-order valence-electron chi connectivity index (χ4n) is 1.71. The number of carbonyl (C=O) groups is 2. The van der Waals surface area contributed by atoms with E-state index in [-0.39, 0.29) is 18.4 Å². The molecule has 0 aliphatic carbocycles. The molecule has 1 amide bonds. The number of carbonyl (C=O) groups excluding carboxylic acids is 1. The van der Waals surface area contributed by atoms with Crippen LogP contribution < -0.4 is 5.32 Å². The number of aryl methyl sites for hydroxylation is 1. The van der Waals surface area contributed by atoms with Crippen molar-refractivity contribution in [3.8, 4) is 0 Å². The third-order valence-electron chi connectivity index (χ3n) is 2.45. The Balaban J connectivity index is 2.48. The van der Waals surface area contributed by atoms with Crippen LogP contribution in [0.25, 0.3) is 0 Å². The summed E-state index contributed by atoms with van der Waals surface area (Å²) in [6.45, 7) is 1.40. The number of carboxylic acids is 1. The van der Waals surface area contributed by atoms with Crippen LogP contribution in [0.1, 0.15) is 25.3 Å². The van der Waals surface area contributed by atoms with Crippen molar-refractivity contribution in [2.24, 2.45) is 0 Å². The zero-order chi connectivity index (χ0) is 12.7. The lowest BCUT2D eigenvalue weighted by molar-refractivity contribution is -0.137. The summed E-state index contributed by atoms with van der Waals surface area (Å²) in [5.74, 6) is -1.08. The summed E-state index contributed by atoms with van der Waals surface area (Å²) in [5.41, 5.74) is 1.15. The highest BCUT2D eigenvalue weighted by atomic mass is 16.4. The van der Waals surface area contributed by atoms with Crippen molar-refractivity contribution in [3.05, 3.63) is 35.9 Å². The molecule has 1 rings (SSSR count). The molecule has 2 N–H and O–H groups in total. The van der Waals surface area contributed by atoms with E-state index >= 15 is 0 Å². The summed E-state index contributed by atoms with van der Waals surface area (Å²) in [4.78, 5) is 21.6. The molecule has 1 aromatic carbocycles. The second-order valence-electron chi connectivity index (χ2n) is 4.02. The lowest BCUT2D eigenvalue weighted by Gasteiger charge is -2.15. The van der Waals surface area contributed by atoms with Crippen molar-refractivity contribution >= 4 is 11.9 Å². The van der Waals surface area contributed by atoms with Gasteiger partial charge in [-0.3, -0.25) is 9.59 Å². The van der Waals surface area contributed by atoms with Gasteiger partial charge in [0.1, 0.15) is 0 Å². The molecule has 0 aromatic heterocycles. The molecule has 0 spiro atoms. The third-order valence-corrected chi connectivity index (χ3v) is 2.45. The molecule has 92 valence electrons. The van der Waals surface area contributed by atoms with E-state index in [2.05, 4.69) is 5.32 Å². The summed E-state index contributed by atoms with van der Waals surface area (Å²) in [6.07, 6.45) is 1.36. The van der Waals surface area contributed by atoms with Crippen molar-refractivity contribution in [2.75, 3.05) is 0 Å². The van der Waals surface area contributed by atoms with Crippen LogP contribution in [0, 0.1) is 0 Å². The van der Waals surface area contributed by atoms with Crippen LogP contribution in [-0.2, 0) is 16.0 Å². The fraction of sp³-hybridized carbons (Fsp3) is 0.385. The first-order valence-electron chi connectivity index (χ1n) is 5.60. The van der Waals surface area contributed by atoms with Crippen LogP contribution in [0.15, 0.2) is 30.3 Å². The van der Waals surface area contributed by atoms with E-state index in [4.69, 9.17) is 5.11 Å². The van der Waals surface area contributed by atoms with Crippen molar-refractivity contribution in [1.29, 1.82) is 0 Å². The predicted molar refractivity (Wildman–Crippen MR) is 64.6 cm³/mol. The van der Waals surface area contributed by atoms with E-state index in [1.54, 1.807) is 0 Å². The normalized spacial score (nSPS) is 11.8. The van der Waals surface area contributed by atoms with Crippen molar-refractivity contribution < 1.29 is 14.7 Å². The first-order chi connectivity index (χ1) is 8.08. The molecule has 1 aromatic rings. The Hall–Kier alpha value is -1.84. The van der Waals surface area contributed by atoms with Gasteiger partial charge in [0.25, 0.3) is 0 Å². The molecule has 4 heteroatoms. The average Bonchev–Trinajstić information content (AvgIpc) is 2.26. The zero-order valence-electron chi connectivity index (χ0n) is 9.85. The Bertz CT molecular complexity index is 360. The Morgan fingerprint density at radius 1 is 1.29 bits per heavy atom. The van der Waals surface area contributed by atoms with Gasteiger partial charge in [0, 0.05) is 13.0 Å². The average molecular weight is 235 g/mol. The van der Waals surface area contributed by atoms with Gasteiger partial charge in [0.05, 0.1) is 6.42 Å². The highest BCUT2D eigenvalue weighted by molar-refractivity contribution is 5.74. The molecule has 0 fully saturated rings. The van der Waals surface area contributed by atoms with Crippen LogP contribution in [0.3, 0.4) is 0 Å². The van der Waals surface area contributed by atoms with Crippen LogP contribution in [0.5, 0.6) is 0 Å². The number of nitrogens with one attached hydrogen (secondary N) is 1. The first kappa shape index (κ1) is 13.2. The number of hydrogen-bond donors (Lipinski definition) is 2. The number of carboxylic acid groups (broad SMARTS) is 1. The van der Waals surface area contributed by atoms with Gasteiger partial charge in [0.2, 0.25) is 5.91 Å². The fourth-order valence-corrected chi connectivity index (χ4v) is 1.71. The van der Waals surface area contributed by atoms with Crippen LogP contribution in [0.4, 0.5) is 0 Å². The molecule has 0 saturated carbocycles. The van der Waals surface area contributed by atoms with E-state index in [0.717, 1.165) is 12.0 Å². The van der Waals surface area contributed by atoms with E-state index < -0.39 is 5.97 Å². The van der Waals surface area contributed by atoms with Crippen molar-refractivity contribution in [2.45, 2.75) is 32.2 Å². The Morgan fingerprint density at radius 3 is 2.47 bits per heavy atom. The molecular formula is C13H17NO3. The second-order valence-corrected chi connectivity index (χ2v) is 4.02. The number of rotatable bonds is 6. The van der Waals surface area contributed by atoms with E-state index in [0.29, 0.717) is 6.42 Å². The largest absolute Gasteiger partial charge is 0.481 e. The highest BCUT2D eigenvalue weighted by Gasteiger charge is 2.13. The molecule has 0 heterocycles. The van der Waals surface area contributed by atoms with Crippen LogP contribution in [-0.4, -0.2) is 23.0 Å². The molecule has 0 unspecified atom stereocenters. The maximum Gasteiger partial charge on any atom is 0.305 e. The maximum atomic E-state index is 10.9. The summed E-state index contributed by atoms with van der Waals surface area (Å²) in [7, 11) is 0. The van der Waals surface area contributed by atoms with Crippen molar-refractivity contribution in [1.82, 2.24) is 5.32 Å². The minimum atomic E-state index is -0.892. The molecule has 0 radical (unpaired) electrons. The van der Waals surface area contributed by atoms with Gasteiger partial charge in [-0.05, 0) is 18.4 Å². The zero-order valence-corrected chi connectivity index (χ0v) is 9.85. The number of benzene rings is 1. The van der Waals surface area contributed by atoms with Gasteiger partial charge < -0.3 is 10.4 Å². The summed E-state index contributed by atoms with van der Waals surface area (Å²) in [5, 5.41) is 11.4. The monoisotopic (exact) mass is 235 g/mol. The third kappa shape index (κ3) is 5.70. The van der Waals surface area contributed by atoms with E-state index in [1.807, 2.05) is 30.3 Å². The number of hydrogen-bond acceptors (Lipinski definition) is 2. The Labute approximate surface area is 101 Å². The summed E-state index contributed by atoms with van der Waals surface area (Å²) >= 11 is 0. The smallest absolute Gasteiger partial charge is 0.305 e. The number of aliphatic carboxylic acids is 1. The SMILES string of the molecule is CC(=O)N[C@H](CCc1ccccc1)CC(=O)O. The van der Waals surface area contributed by atoms with Crippen LogP contribution in [0.2, 0.25) is 0 Å². The minimum Gasteiger partial charge on any atom is -0.481 e. The van der Waals surface area contributed by atoms with Gasteiger partial charge in [-0.2, -0.15) is 0 Å². The van der Waals surface area contributed by atoms with Gasteiger partial charge in [-0.25, -0.2) is 0 Å². The maximum absolute atomic E-state index is 10.9. The number of amides is 1. The lowest BCUT2D eigenvalue weighted by Crippen LogP contribution is -2.35. The Morgan fingerprint density at radius 2 is 1.94 bits per heavy atom. The summed E-state index contributed by atoms with van der Waals surface area (Å²) in [6, 6.07) is 9.51. The molecule has 0 aliphatic rings. The quantitative estimate of drug-likeness (QED) is 0.787. The van der Waals surface area contributed by atoms with Gasteiger partial charge in [0.15, 0.2) is 0 Å². The lowest BCUT2D eigenvalue weighted by atomic mass is 10.0. The van der Waals surface area contributed by atoms with Gasteiger partial charge >= 0.3 is 5.97 Å². The van der Waals surface area contributed by atoms with Gasteiger partial charge in [-0.15, -0.1) is 0 Å². The molecule has 1 atom stereocenters. The molecule has 4 nitrogen and oxygen atoms in total.